The zero-order valence-corrected chi connectivity index (χ0v) is 12.3. The molecule has 0 aromatic rings. The fourth-order valence-electron chi connectivity index (χ4n) is 1.37. The van der Waals surface area contributed by atoms with Crippen LogP contribution in [0.1, 0.15) is 73.6 Å². The second kappa shape index (κ2) is 7.00. The maximum Gasteiger partial charge on any atom is 0.347 e. The highest BCUT2D eigenvalue weighted by atomic mass is 17.2. The van der Waals surface area contributed by atoms with Crippen molar-refractivity contribution in [3.63, 3.8) is 0 Å². The number of carbonyl (C=O) groups excluding carboxylic acids is 1. The van der Waals surface area contributed by atoms with Gasteiger partial charge in [-0.15, -0.1) is 0 Å². The predicted molar refractivity (Wildman–Crippen MR) is 69.5 cm³/mol. The molecule has 3 heteroatoms. The number of carbonyl (C=O) groups is 1. The van der Waals surface area contributed by atoms with E-state index in [1.165, 1.54) is 19.3 Å². The van der Waals surface area contributed by atoms with Crippen molar-refractivity contribution in [1.82, 2.24) is 0 Å². The maximum absolute atomic E-state index is 11.8. The lowest BCUT2D eigenvalue weighted by Crippen LogP contribution is -2.30. The Morgan fingerprint density at radius 2 is 1.59 bits per heavy atom. The first kappa shape index (κ1) is 16.4. The molecule has 0 aliphatic carbocycles. The van der Waals surface area contributed by atoms with Crippen molar-refractivity contribution in [2.45, 2.75) is 79.2 Å². The Kier molecular flexibility index (Phi) is 6.76. The van der Waals surface area contributed by atoms with Crippen LogP contribution >= 0.6 is 0 Å². The topological polar surface area (TPSA) is 35.5 Å². The Morgan fingerprint density at radius 1 is 1.00 bits per heavy atom. The van der Waals surface area contributed by atoms with Crippen LogP contribution in [0.15, 0.2) is 0 Å². The third kappa shape index (κ3) is 8.19. The summed E-state index contributed by atoms with van der Waals surface area (Å²) >= 11 is 0. The molecule has 0 aromatic carbocycles. The molecular formula is C14H28O3. The van der Waals surface area contributed by atoms with Crippen molar-refractivity contribution in [2.75, 3.05) is 0 Å². The smallest absolute Gasteiger partial charge is 0.297 e. The van der Waals surface area contributed by atoms with Crippen LogP contribution < -0.4 is 0 Å². The second-order valence-electron chi connectivity index (χ2n) is 6.26. The van der Waals surface area contributed by atoms with Gasteiger partial charge in [0.15, 0.2) is 0 Å². The standard InChI is InChI=1S/C14H28O3/c1-7-8-9-10-11-14(5,6)12(15)16-17-13(2,3)4/h7-11H2,1-6H3. The largest absolute Gasteiger partial charge is 0.347 e. The molecule has 0 rings (SSSR count). The lowest BCUT2D eigenvalue weighted by atomic mass is 9.87. The lowest BCUT2D eigenvalue weighted by Gasteiger charge is -2.24. The minimum Gasteiger partial charge on any atom is -0.297 e. The number of rotatable bonds is 7. The SMILES string of the molecule is CCCCCCC(C)(C)C(=O)OOC(C)(C)C. The number of hydrogen-bond acceptors (Lipinski definition) is 3. The van der Waals surface area contributed by atoms with Crippen LogP contribution in [0.25, 0.3) is 0 Å². The average molecular weight is 244 g/mol. The maximum atomic E-state index is 11.8. The molecule has 0 amide bonds. The van der Waals surface area contributed by atoms with Crippen LogP contribution in [-0.2, 0) is 14.6 Å². The first-order chi connectivity index (χ1) is 7.69. The van der Waals surface area contributed by atoms with E-state index in [4.69, 9.17) is 9.78 Å². The first-order valence-electron chi connectivity index (χ1n) is 6.59. The van der Waals surface area contributed by atoms with Crippen molar-refractivity contribution < 1.29 is 14.6 Å². The van der Waals surface area contributed by atoms with E-state index in [9.17, 15) is 4.79 Å². The molecule has 0 aliphatic rings. The van der Waals surface area contributed by atoms with Crippen LogP contribution in [0.5, 0.6) is 0 Å². The summed E-state index contributed by atoms with van der Waals surface area (Å²) in [5.41, 5.74) is -0.910. The zero-order valence-electron chi connectivity index (χ0n) is 12.3. The van der Waals surface area contributed by atoms with E-state index in [0.717, 1.165) is 12.8 Å². The highest BCUT2D eigenvalue weighted by Gasteiger charge is 2.31. The van der Waals surface area contributed by atoms with E-state index in [1.54, 1.807) is 0 Å². The zero-order chi connectivity index (χ0) is 13.5. The molecule has 0 saturated heterocycles. The Hall–Kier alpha value is -0.570. The molecule has 0 N–H and O–H groups in total. The Bertz CT molecular complexity index is 226. The summed E-state index contributed by atoms with van der Waals surface area (Å²) in [5, 5.41) is 0. The molecule has 0 aliphatic heterocycles. The van der Waals surface area contributed by atoms with E-state index < -0.39 is 11.0 Å². The fraction of sp³-hybridized carbons (Fsp3) is 0.929. The third-order valence-electron chi connectivity index (χ3n) is 2.58. The normalized spacial score (nSPS) is 12.6. The van der Waals surface area contributed by atoms with Gasteiger partial charge in [-0.3, -0.25) is 4.89 Å². The number of unbranched alkanes of at least 4 members (excludes halogenated alkanes) is 3. The molecular weight excluding hydrogens is 216 g/mol. The molecule has 0 bridgehead atoms. The van der Waals surface area contributed by atoms with Gasteiger partial charge in [0.1, 0.15) is 5.60 Å². The molecule has 17 heavy (non-hydrogen) atoms. The van der Waals surface area contributed by atoms with Gasteiger partial charge in [0.25, 0.3) is 0 Å². The fourth-order valence-corrected chi connectivity index (χ4v) is 1.37. The Labute approximate surface area is 106 Å². The van der Waals surface area contributed by atoms with Gasteiger partial charge in [0, 0.05) is 0 Å². The summed E-state index contributed by atoms with van der Waals surface area (Å²) in [7, 11) is 0. The van der Waals surface area contributed by atoms with Crippen LogP contribution in [0, 0.1) is 5.41 Å². The molecule has 102 valence electrons. The minimum absolute atomic E-state index is 0.274. The van der Waals surface area contributed by atoms with Gasteiger partial charge in [-0.1, -0.05) is 32.6 Å². The summed E-state index contributed by atoms with van der Waals surface area (Å²) in [5.74, 6) is -0.274. The van der Waals surface area contributed by atoms with Gasteiger partial charge < -0.3 is 0 Å². The Morgan fingerprint density at radius 3 is 2.06 bits per heavy atom. The first-order valence-corrected chi connectivity index (χ1v) is 6.59. The van der Waals surface area contributed by atoms with E-state index in [1.807, 2.05) is 34.6 Å². The molecule has 3 nitrogen and oxygen atoms in total. The number of hydrogen-bond donors (Lipinski definition) is 0. The summed E-state index contributed by atoms with van der Waals surface area (Å²) in [4.78, 5) is 21.8. The second-order valence-corrected chi connectivity index (χ2v) is 6.26. The summed E-state index contributed by atoms with van der Waals surface area (Å²) < 4.78 is 0. The molecule has 0 unspecified atom stereocenters. The molecule has 0 atom stereocenters. The molecule has 0 aromatic heterocycles. The van der Waals surface area contributed by atoms with Crippen LogP contribution in [0.4, 0.5) is 0 Å². The van der Waals surface area contributed by atoms with E-state index in [0.29, 0.717) is 0 Å². The van der Waals surface area contributed by atoms with Gasteiger partial charge in [0.05, 0.1) is 5.41 Å². The van der Waals surface area contributed by atoms with Crippen LogP contribution in [0.3, 0.4) is 0 Å². The highest BCUT2D eigenvalue weighted by Crippen LogP contribution is 2.26. The lowest BCUT2D eigenvalue weighted by molar-refractivity contribution is -0.326. The van der Waals surface area contributed by atoms with E-state index in [2.05, 4.69) is 6.92 Å². The van der Waals surface area contributed by atoms with Crippen LogP contribution in [0.2, 0.25) is 0 Å². The molecule has 0 fully saturated rings. The van der Waals surface area contributed by atoms with Crippen molar-refractivity contribution in [2.24, 2.45) is 5.41 Å². The van der Waals surface area contributed by atoms with Crippen molar-refractivity contribution in [1.29, 1.82) is 0 Å². The van der Waals surface area contributed by atoms with Gasteiger partial charge >= 0.3 is 5.97 Å². The molecule has 0 radical (unpaired) electrons. The van der Waals surface area contributed by atoms with Gasteiger partial charge in [-0.25, -0.2) is 4.79 Å². The highest BCUT2D eigenvalue weighted by molar-refractivity contribution is 5.75. The quantitative estimate of drug-likeness (QED) is 0.381. The van der Waals surface area contributed by atoms with Crippen molar-refractivity contribution >= 4 is 5.97 Å². The van der Waals surface area contributed by atoms with Gasteiger partial charge in [0.2, 0.25) is 0 Å². The van der Waals surface area contributed by atoms with E-state index in [-0.39, 0.29) is 5.97 Å². The summed E-state index contributed by atoms with van der Waals surface area (Å²) in [6.45, 7) is 11.6. The minimum atomic E-state index is -0.459. The summed E-state index contributed by atoms with van der Waals surface area (Å²) in [6.07, 6.45) is 5.51. The monoisotopic (exact) mass is 244 g/mol. The summed E-state index contributed by atoms with van der Waals surface area (Å²) in [6, 6.07) is 0. The Balaban J connectivity index is 3.98. The van der Waals surface area contributed by atoms with Crippen molar-refractivity contribution in [3.8, 4) is 0 Å². The molecule has 0 heterocycles. The van der Waals surface area contributed by atoms with E-state index >= 15 is 0 Å². The van der Waals surface area contributed by atoms with Crippen molar-refractivity contribution in [3.05, 3.63) is 0 Å². The van der Waals surface area contributed by atoms with Gasteiger partial charge in [-0.05, 0) is 41.0 Å². The third-order valence-corrected chi connectivity index (χ3v) is 2.58. The van der Waals surface area contributed by atoms with Gasteiger partial charge in [-0.2, -0.15) is 4.89 Å². The predicted octanol–water partition coefficient (Wildman–Crippen LogP) is 4.26. The van der Waals surface area contributed by atoms with Crippen LogP contribution in [-0.4, -0.2) is 11.6 Å². The molecule has 0 spiro atoms. The molecule has 0 saturated carbocycles. The average Bonchev–Trinajstić information content (AvgIpc) is 2.20.